The number of nitrogen functional groups attached to an aromatic ring is 1. The monoisotopic (exact) mass is 318 g/mol. The second kappa shape index (κ2) is 6.23. The topological polar surface area (TPSA) is 89.3 Å². The number of carbonyl (C=O) groups excluding carboxylic acids is 1. The Morgan fingerprint density at radius 2 is 2.36 bits per heavy atom. The summed E-state index contributed by atoms with van der Waals surface area (Å²) in [5, 5.41) is 6.43. The number of methoxy groups -OCH3 is 1. The predicted molar refractivity (Wildman–Crippen MR) is 87.5 cm³/mol. The average Bonchev–Trinajstić information content (AvgIpc) is 2.86. The molecular weight excluding hydrogens is 300 g/mol. The number of anilines is 2. The number of carbonyl (C=O) groups is 1. The van der Waals surface area contributed by atoms with Crippen LogP contribution in [0.4, 0.5) is 15.6 Å². The van der Waals surface area contributed by atoms with Gasteiger partial charge in [-0.05, 0) is 25.0 Å². The highest BCUT2D eigenvalue weighted by molar-refractivity contribution is 7.15. The molecule has 0 saturated carbocycles. The summed E-state index contributed by atoms with van der Waals surface area (Å²) in [6, 6.07) is 7.17. The Kier molecular flexibility index (Phi) is 4.15. The standard InChI is InChI=1S/C15H18N4O2S/c1-21-11-4-2-3-9(7-11)17-15(20)18-10-5-6-12-13(8-10)22-14(16)19-12/h2-4,7,10H,5-6,8H2,1H3,(H2,16,19)(H2,17,18,20)/t10-/m0/s1. The van der Waals surface area contributed by atoms with E-state index in [1.165, 1.54) is 16.2 Å². The number of nitrogens with two attached hydrogens (primary N) is 1. The fraction of sp³-hybridized carbons (Fsp3) is 0.333. The molecule has 116 valence electrons. The zero-order valence-electron chi connectivity index (χ0n) is 12.3. The molecule has 1 atom stereocenters. The van der Waals surface area contributed by atoms with Crippen molar-refractivity contribution < 1.29 is 9.53 Å². The number of ether oxygens (including phenoxy) is 1. The summed E-state index contributed by atoms with van der Waals surface area (Å²) < 4.78 is 5.14. The molecule has 1 aliphatic rings. The third-order valence-electron chi connectivity index (χ3n) is 3.62. The molecule has 2 aromatic rings. The SMILES string of the molecule is COc1cccc(NC(=O)N[C@H]2CCc3nc(N)sc3C2)c1. The number of hydrogen-bond donors (Lipinski definition) is 3. The van der Waals surface area contributed by atoms with Crippen LogP contribution in [-0.4, -0.2) is 24.2 Å². The number of nitrogens with zero attached hydrogens (tertiary/aromatic N) is 1. The van der Waals surface area contributed by atoms with E-state index < -0.39 is 0 Å². The fourth-order valence-corrected chi connectivity index (χ4v) is 3.53. The van der Waals surface area contributed by atoms with Crippen molar-refractivity contribution in [2.24, 2.45) is 0 Å². The molecule has 3 rings (SSSR count). The number of urea groups is 1. The average molecular weight is 318 g/mol. The van der Waals surface area contributed by atoms with Gasteiger partial charge in [-0.3, -0.25) is 0 Å². The van der Waals surface area contributed by atoms with E-state index in [9.17, 15) is 4.79 Å². The predicted octanol–water partition coefficient (Wildman–Crippen LogP) is 2.41. The molecule has 1 aromatic heterocycles. The zero-order valence-corrected chi connectivity index (χ0v) is 13.1. The lowest BCUT2D eigenvalue weighted by atomic mass is 9.98. The van der Waals surface area contributed by atoms with E-state index in [0.717, 1.165) is 25.0 Å². The van der Waals surface area contributed by atoms with Gasteiger partial charge in [-0.15, -0.1) is 11.3 Å². The van der Waals surface area contributed by atoms with Crippen LogP contribution in [0.25, 0.3) is 0 Å². The van der Waals surface area contributed by atoms with E-state index in [-0.39, 0.29) is 12.1 Å². The Bertz CT molecular complexity index is 686. The minimum Gasteiger partial charge on any atom is -0.497 e. The van der Waals surface area contributed by atoms with Gasteiger partial charge in [0.2, 0.25) is 0 Å². The first-order valence-corrected chi connectivity index (χ1v) is 7.91. The van der Waals surface area contributed by atoms with E-state index in [1.54, 1.807) is 13.2 Å². The van der Waals surface area contributed by atoms with Crippen molar-refractivity contribution in [1.29, 1.82) is 0 Å². The number of hydrogen-bond acceptors (Lipinski definition) is 5. The molecule has 4 N–H and O–H groups in total. The van der Waals surface area contributed by atoms with Crippen molar-refractivity contribution in [2.45, 2.75) is 25.3 Å². The second-order valence-electron chi connectivity index (χ2n) is 5.19. The van der Waals surface area contributed by atoms with Crippen LogP contribution in [0.5, 0.6) is 5.75 Å². The second-order valence-corrected chi connectivity index (χ2v) is 6.31. The summed E-state index contributed by atoms with van der Waals surface area (Å²) in [4.78, 5) is 17.6. The van der Waals surface area contributed by atoms with Crippen LogP contribution in [-0.2, 0) is 12.8 Å². The van der Waals surface area contributed by atoms with Crippen LogP contribution >= 0.6 is 11.3 Å². The normalized spacial score (nSPS) is 16.7. The van der Waals surface area contributed by atoms with Gasteiger partial charge in [-0.25, -0.2) is 9.78 Å². The summed E-state index contributed by atoms with van der Waals surface area (Å²) in [5.41, 5.74) is 7.51. The van der Waals surface area contributed by atoms with Crippen molar-refractivity contribution in [2.75, 3.05) is 18.2 Å². The summed E-state index contributed by atoms with van der Waals surface area (Å²) in [5.74, 6) is 0.709. The minimum absolute atomic E-state index is 0.109. The van der Waals surface area contributed by atoms with Gasteiger partial charge in [-0.2, -0.15) is 0 Å². The lowest BCUT2D eigenvalue weighted by Gasteiger charge is -2.22. The van der Waals surface area contributed by atoms with Gasteiger partial charge in [0.25, 0.3) is 0 Å². The Hall–Kier alpha value is -2.28. The third kappa shape index (κ3) is 3.30. The summed E-state index contributed by atoms with van der Waals surface area (Å²) in [7, 11) is 1.60. The highest BCUT2D eigenvalue weighted by Crippen LogP contribution is 2.28. The lowest BCUT2D eigenvalue weighted by molar-refractivity contribution is 0.247. The van der Waals surface area contributed by atoms with Gasteiger partial charge < -0.3 is 21.1 Å². The van der Waals surface area contributed by atoms with Crippen molar-refractivity contribution in [1.82, 2.24) is 10.3 Å². The summed E-state index contributed by atoms with van der Waals surface area (Å²) in [6.45, 7) is 0. The Labute approximate surface area is 132 Å². The zero-order chi connectivity index (χ0) is 15.5. The number of amides is 2. The molecule has 7 heteroatoms. The summed E-state index contributed by atoms with van der Waals surface area (Å²) in [6.07, 6.45) is 2.52. The first-order chi connectivity index (χ1) is 10.6. The van der Waals surface area contributed by atoms with Crippen LogP contribution < -0.4 is 21.1 Å². The van der Waals surface area contributed by atoms with Gasteiger partial charge in [0.1, 0.15) is 5.75 Å². The van der Waals surface area contributed by atoms with Gasteiger partial charge in [-0.1, -0.05) is 6.07 Å². The molecular formula is C15H18N4O2S. The number of benzene rings is 1. The molecule has 0 saturated heterocycles. The fourth-order valence-electron chi connectivity index (χ4n) is 2.57. The van der Waals surface area contributed by atoms with Crippen LogP contribution in [0.15, 0.2) is 24.3 Å². The molecule has 0 aliphatic heterocycles. The molecule has 1 aliphatic carbocycles. The van der Waals surface area contributed by atoms with Gasteiger partial charge in [0.05, 0.1) is 12.8 Å². The molecule has 1 heterocycles. The molecule has 1 aromatic carbocycles. The first-order valence-electron chi connectivity index (χ1n) is 7.09. The molecule has 0 unspecified atom stereocenters. The molecule has 0 fully saturated rings. The van der Waals surface area contributed by atoms with Crippen molar-refractivity contribution in [3.8, 4) is 5.75 Å². The quantitative estimate of drug-likeness (QED) is 0.811. The van der Waals surface area contributed by atoms with E-state index in [4.69, 9.17) is 10.5 Å². The van der Waals surface area contributed by atoms with Crippen molar-refractivity contribution in [3.05, 3.63) is 34.8 Å². The number of aromatic nitrogens is 1. The van der Waals surface area contributed by atoms with Crippen molar-refractivity contribution >= 4 is 28.2 Å². The van der Waals surface area contributed by atoms with Crippen LogP contribution in [0.3, 0.4) is 0 Å². The van der Waals surface area contributed by atoms with E-state index in [0.29, 0.717) is 16.6 Å². The molecule has 0 bridgehead atoms. The third-order valence-corrected chi connectivity index (χ3v) is 4.57. The number of aryl methyl sites for hydroxylation is 1. The molecule has 22 heavy (non-hydrogen) atoms. The summed E-state index contributed by atoms with van der Waals surface area (Å²) >= 11 is 1.51. The van der Waals surface area contributed by atoms with Crippen LogP contribution in [0, 0.1) is 0 Å². The maximum Gasteiger partial charge on any atom is 0.319 e. The van der Waals surface area contributed by atoms with Crippen LogP contribution in [0.2, 0.25) is 0 Å². The van der Waals surface area contributed by atoms with E-state index >= 15 is 0 Å². The Morgan fingerprint density at radius 1 is 1.50 bits per heavy atom. The first kappa shape index (κ1) is 14.6. The van der Waals surface area contributed by atoms with Crippen molar-refractivity contribution in [3.63, 3.8) is 0 Å². The molecule has 0 radical (unpaired) electrons. The maximum absolute atomic E-state index is 12.1. The van der Waals surface area contributed by atoms with Crippen LogP contribution in [0.1, 0.15) is 17.0 Å². The maximum atomic E-state index is 12.1. The Morgan fingerprint density at radius 3 is 3.18 bits per heavy atom. The number of nitrogens with one attached hydrogen (secondary N) is 2. The molecule has 6 nitrogen and oxygen atoms in total. The number of thiazole rings is 1. The largest absolute Gasteiger partial charge is 0.497 e. The van der Waals surface area contributed by atoms with E-state index in [2.05, 4.69) is 15.6 Å². The van der Waals surface area contributed by atoms with Gasteiger partial charge >= 0.3 is 6.03 Å². The Balaban J connectivity index is 1.58. The lowest BCUT2D eigenvalue weighted by Crippen LogP contribution is -2.41. The minimum atomic E-state index is -0.209. The highest BCUT2D eigenvalue weighted by atomic mass is 32.1. The van der Waals surface area contributed by atoms with E-state index in [1.807, 2.05) is 18.2 Å². The van der Waals surface area contributed by atoms with Gasteiger partial charge in [0, 0.05) is 29.1 Å². The molecule has 0 spiro atoms. The smallest absolute Gasteiger partial charge is 0.319 e. The molecule has 2 amide bonds. The number of rotatable bonds is 3. The highest BCUT2D eigenvalue weighted by Gasteiger charge is 2.23. The number of fused-ring (bicyclic) bond motifs is 1. The van der Waals surface area contributed by atoms with Gasteiger partial charge in [0.15, 0.2) is 5.13 Å².